The topological polar surface area (TPSA) is 43.5 Å². The average Bonchev–Trinajstić information content (AvgIpc) is 3.14. The standard InChI is InChI=1S/C12H22O4/c1(5-13-7-3-11-9-15-11)2-6-14-8-4-12-10-16-12/h11-12H,1-10H2. The van der Waals surface area contributed by atoms with Gasteiger partial charge < -0.3 is 18.9 Å². The van der Waals surface area contributed by atoms with Gasteiger partial charge in [0.05, 0.1) is 25.4 Å². The van der Waals surface area contributed by atoms with Gasteiger partial charge in [-0.15, -0.1) is 0 Å². The molecule has 2 rings (SSSR count). The highest BCUT2D eigenvalue weighted by Crippen LogP contribution is 2.13. The second-order valence-electron chi connectivity index (χ2n) is 4.42. The normalized spacial score (nSPS) is 27.0. The third kappa shape index (κ3) is 6.43. The molecule has 0 bridgehead atoms. The quantitative estimate of drug-likeness (QED) is 0.397. The highest BCUT2D eigenvalue weighted by molar-refractivity contribution is 4.68. The summed E-state index contributed by atoms with van der Waals surface area (Å²) in [5.41, 5.74) is 0. The van der Waals surface area contributed by atoms with E-state index >= 15 is 0 Å². The van der Waals surface area contributed by atoms with E-state index in [1.54, 1.807) is 0 Å². The third-order valence-electron chi connectivity index (χ3n) is 2.80. The zero-order valence-corrected chi connectivity index (χ0v) is 9.86. The molecule has 4 heteroatoms. The molecule has 16 heavy (non-hydrogen) atoms. The van der Waals surface area contributed by atoms with E-state index in [9.17, 15) is 0 Å². The molecular weight excluding hydrogens is 208 g/mol. The minimum Gasteiger partial charge on any atom is -0.381 e. The van der Waals surface area contributed by atoms with Crippen LogP contribution in [0.2, 0.25) is 0 Å². The molecule has 0 saturated carbocycles. The lowest BCUT2D eigenvalue weighted by atomic mass is 10.3. The van der Waals surface area contributed by atoms with E-state index in [-0.39, 0.29) is 0 Å². The van der Waals surface area contributed by atoms with Crippen LogP contribution in [0.1, 0.15) is 25.7 Å². The van der Waals surface area contributed by atoms with Crippen molar-refractivity contribution in [3.8, 4) is 0 Å². The van der Waals surface area contributed by atoms with Crippen molar-refractivity contribution in [2.45, 2.75) is 37.9 Å². The first-order chi connectivity index (χ1) is 7.95. The van der Waals surface area contributed by atoms with Crippen LogP contribution in [0.3, 0.4) is 0 Å². The van der Waals surface area contributed by atoms with Gasteiger partial charge in [-0.25, -0.2) is 0 Å². The molecule has 0 aromatic heterocycles. The van der Waals surface area contributed by atoms with Gasteiger partial charge in [0.25, 0.3) is 0 Å². The summed E-state index contributed by atoms with van der Waals surface area (Å²) < 4.78 is 21.2. The summed E-state index contributed by atoms with van der Waals surface area (Å²) in [5.74, 6) is 0. The summed E-state index contributed by atoms with van der Waals surface area (Å²) in [6.45, 7) is 5.24. The van der Waals surface area contributed by atoms with Gasteiger partial charge in [-0.3, -0.25) is 0 Å². The Kier molecular flexibility index (Phi) is 5.55. The molecule has 0 N–H and O–H groups in total. The Bertz CT molecular complexity index is 158. The minimum atomic E-state index is 0.493. The molecule has 4 nitrogen and oxygen atoms in total. The van der Waals surface area contributed by atoms with Crippen LogP contribution >= 0.6 is 0 Å². The summed E-state index contributed by atoms with van der Waals surface area (Å²) in [5, 5.41) is 0. The lowest BCUT2D eigenvalue weighted by molar-refractivity contribution is 0.0959. The van der Waals surface area contributed by atoms with Crippen LogP contribution in [0.4, 0.5) is 0 Å². The van der Waals surface area contributed by atoms with Crippen LogP contribution in [-0.4, -0.2) is 51.8 Å². The second kappa shape index (κ2) is 7.22. The molecule has 2 fully saturated rings. The molecule has 2 heterocycles. The van der Waals surface area contributed by atoms with E-state index in [0.29, 0.717) is 12.2 Å². The van der Waals surface area contributed by atoms with Crippen molar-refractivity contribution in [1.82, 2.24) is 0 Å². The fraction of sp³-hybridized carbons (Fsp3) is 1.00. The highest BCUT2D eigenvalue weighted by Gasteiger charge is 2.21. The molecular formula is C12H22O4. The van der Waals surface area contributed by atoms with Gasteiger partial charge >= 0.3 is 0 Å². The molecule has 0 aliphatic carbocycles. The summed E-state index contributed by atoms with van der Waals surface area (Å²) >= 11 is 0. The highest BCUT2D eigenvalue weighted by atomic mass is 16.6. The number of epoxide rings is 2. The van der Waals surface area contributed by atoms with Crippen molar-refractivity contribution in [2.24, 2.45) is 0 Å². The fourth-order valence-electron chi connectivity index (χ4n) is 1.51. The van der Waals surface area contributed by atoms with Crippen LogP contribution < -0.4 is 0 Å². The van der Waals surface area contributed by atoms with Crippen molar-refractivity contribution in [1.29, 1.82) is 0 Å². The summed E-state index contributed by atoms with van der Waals surface area (Å²) in [4.78, 5) is 0. The maximum absolute atomic E-state index is 5.48. The first kappa shape index (κ1) is 12.3. The predicted molar refractivity (Wildman–Crippen MR) is 59.6 cm³/mol. The van der Waals surface area contributed by atoms with Crippen molar-refractivity contribution < 1.29 is 18.9 Å². The maximum atomic E-state index is 5.48. The molecule has 0 spiro atoms. The summed E-state index contributed by atoms with van der Waals surface area (Å²) in [6.07, 6.45) is 5.27. The Morgan fingerprint density at radius 2 is 1.19 bits per heavy atom. The first-order valence-electron chi connectivity index (χ1n) is 6.34. The zero-order valence-electron chi connectivity index (χ0n) is 9.86. The maximum Gasteiger partial charge on any atom is 0.0831 e. The Morgan fingerprint density at radius 1 is 0.750 bits per heavy atom. The Morgan fingerprint density at radius 3 is 1.56 bits per heavy atom. The Labute approximate surface area is 97.2 Å². The minimum absolute atomic E-state index is 0.493. The SMILES string of the molecule is C(CCOCCC1CO1)COCCC1CO1. The summed E-state index contributed by atoms with van der Waals surface area (Å²) in [7, 11) is 0. The van der Waals surface area contributed by atoms with Crippen LogP contribution in [0.5, 0.6) is 0 Å². The van der Waals surface area contributed by atoms with E-state index in [1.807, 2.05) is 0 Å². The fourth-order valence-corrected chi connectivity index (χ4v) is 1.51. The Hall–Kier alpha value is -0.160. The van der Waals surface area contributed by atoms with Gasteiger partial charge in [0.1, 0.15) is 0 Å². The number of hydrogen-bond donors (Lipinski definition) is 0. The molecule has 0 aromatic carbocycles. The molecule has 0 aromatic rings. The van der Waals surface area contributed by atoms with Gasteiger partial charge in [-0.05, 0) is 25.7 Å². The molecule has 2 aliphatic rings. The predicted octanol–water partition coefficient (Wildman–Crippen LogP) is 1.38. The van der Waals surface area contributed by atoms with E-state index in [4.69, 9.17) is 18.9 Å². The van der Waals surface area contributed by atoms with Crippen molar-refractivity contribution in [3.05, 3.63) is 0 Å². The van der Waals surface area contributed by atoms with Crippen molar-refractivity contribution >= 4 is 0 Å². The van der Waals surface area contributed by atoms with Crippen LogP contribution in [0.15, 0.2) is 0 Å². The molecule has 94 valence electrons. The van der Waals surface area contributed by atoms with E-state index in [2.05, 4.69) is 0 Å². The lowest BCUT2D eigenvalue weighted by Gasteiger charge is -2.04. The van der Waals surface area contributed by atoms with Crippen molar-refractivity contribution in [3.63, 3.8) is 0 Å². The molecule has 2 unspecified atom stereocenters. The lowest BCUT2D eigenvalue weighted by Crippen LogP contribution is -2.03. The van der Waals surface area contributed by atoms with E-state index in [0.717, 1.165) is 65.3 Å². The van der Waals surface area contributed by atoms with Gasteiger partial charge in [-0.1, -0.05) is 0 Å². The number of ether oxygens (including phenoxy) is 4. The third-order valence-corrected chi connectivity index (χ3v) is 2.80. The molecule has 0 radical (unpaired) electrons. The van der Waals surface area contributed by atoms with E-state index in [1.165, 1.54) is 0 Å². The smallest absolute Gasteiger partial charge is 0.0831 e. The van der Waals surface area contributed by atoms with Gasteiger partial charge in [-0.2, -0.15) is 0 Å². The number of hydrogen-bond acceptors (Lipinski definition) is 4. The van der Waals surface area contributed by atoms with Gasteiger partial charge in [0.2, 0.25) is 0 Å². The van der Waals surface area contributed by atoms with Crippen molar-refractivity contribution in [2.75, 3.05) is 39.6 Å². The van der Waals surface area contributed by atoms with Gasteiger partial charge in [0.15, 0.2) is 0 Å². The Balaban J connectivity index is 1.22. The van der Waals surface area contributed by atoms with Gasteiger partial charge in [0, 0.05) is 26.4 Å². The van der Waals surface area contributed by atoms with Crippen LogP contribution in [0, 0.1) is 0 Å². The molecule has 2 aliphatic heterocycles. The first-order valence-corrected chi connectivity index (χ1v) is 6.34. The monoisotopic (exact) mass is 230 g/mol. The largest absolute Gasteiger partial charge is 0.381 e. The van der Waals surface area contributed by atoms with Crippen LogP contribution in [0.25, 0.3) is 0 Å². The molecule has 2 atom stereocenters. The van der Waals surface area contributed by atoms with Crippen LogP contribution in [-0.2, 0) is 18.9 Å². The number of rotatable bonds is 11. The zero-order chi connectivity index (χ0) is 11.1. The summed E-state index contributed by atoms with van der Waals surface area (Å²) in [6, 6.07) is 0. The second-order valence-corrected chi connectivity index (χ2v) is 4.42. The average molecular weight is 230 g/mol. The van der Waals surface area contributed by atoms with E-state index < -0.39 is 0 Å². The molecule has 0 amide bonds. The number of unbranched alkanes of at least 4 members (excludes halogenated alkanes) is 1. The molecule has 2 saturated heterocycles.